The first-order valence-corrected chi connectivity index (χ1v) is 10.1. The summed E-state index contributed by atoms with van der Waals surface area (Å²) in [6.45, 7) is 5.84. The van der Waals surface area contributed by atoms with Crippen LogP contribution in [0.5, 0.6) is 0 Å². The van der Waals surface area contributed by atoms with Crippen molar-refractivity contribution >= 4 is 5.91 Å². The predicted octanol–water partition coefficient (Wildman–Crippen LogP) is 2.82. The van der Waals surface area contributed by atoms with Crippen molar-refractivity contribution in [3.63, 3.8) is 0 Å². The monoisotopic (exact) mass is 392 g/mol. The van der Waals surface area contributed by atoms with Gasteiger partial charge in [-0.1, -0.05) is 6.07 Å². The standard InChI is InChI=1S/C22H24N4O3/c1-13-3-5-16(23-9-13)11-26-10-15-4-6-18-19(20(15)25-26)14(2)21(29-18)22(27)24-17-7-8-28-12-17/h3,5,9-10,17H,4,6-8,11-12H2,1-2H3,(H,24,27)/t17-/m1/s1. The van der Waals surface area contributed by atoms with Gasteiger partial charge in [-0.25, -0.2) is 0 Å². The molecule has 29 heavy (non-hydrogen) atoms. The van der Waals surface area contributed by atoms with Crippen LogP contribution in [0.1, 0.15) is 45.1 Å². The number of nitrogens with zero attached hydrogens (tertiary/aromatic N) is 3. The Balaban J connectivity index is 1.42. The second kappa shape index (κ2) is 7.15. The molecule has 3 aromatic heterocycles. The van der Waals surface area contributed by atoms with Gasteiger partial charge in [0.15, 0.2) is 5.76 Å². The summed E-state index contributed by atoms with van der Waals surface area (Å²) in [7, 11) is 0. The molecular formula is C22H24N4O3. The van der Waals surface area contributed by atoms with Crippen molar-refractivity contribution in [3.8, 4) is 11.3 Å². The summed E-state index contributed by atoms with van der Waals surface area (Å²) >= 11 is 0. The summed E-state index contributed by atoms with van der Waals surface area (Å²) in [6, 6.07) is 4.14. The third-order valence-corrected chi connectivity index (χ3v) is 5.68. The molecule has 1 saturated heterocycles. The Labute approximate surface area is 169 Å². The van der Waals surface area contributed by atoms with Gasteiger partial charge < -0.3 is 14.5 Å². The van der Waals surface area contributed by atoms with E-state index in [1.807, 2.05) is 30.8 Å². The molecule has 1 fully saturated rings. The summed E-state index contributed by atoms with van der Waals surface area (Å²) in [4.78, 5) is 17.2. The summed E-state index contributed by atoms with van der Waals surface area (Å²) in [5, 5.41) is 7.83. The zero-order valence-corrected chi connectivity index (χ0v) is 16.7. The van der Waals surface area contributed by atoms with E-state index in [1.54, 1.807) is 0 Å². The first-order valence-electron chi connectivity index (χ1n) is 10.1. The summed E-state index contributed by atoms with van der Waals surface area (Å²) < 4.78 is 13.3. The molecule has 1 aliphatic heterocycles. The van der Waals surface area contributed by atoms with Crippen molar-refractivity contribution in [2.75, 3.05) is 13.2 Å². The second-order valence-corrected chi connectivity index (χ2v) is 7.92. The van der Waals surface area contributed by atoms with Crippen LogP contribution in [-0.4, -0.2) is 39.9 Å². The number of hydrogen-bond donors (Lipinski definition) is 1. The SMILES string of the molecule is Cc1ccc(Cn2cc3c(n2)-c2c(oc(C(=O)N[C@@H]4CCOC4)c2C)CC3)nc1. The quantitative estimate of drug-likeness (QED) is 0.738. The average molecular weight is 392 g/mol. The molecule has 150 valence electrons. The molecule has 2 aliphatic rings. The Hall–Kier alpha value is -2.93. The molecule has 3 aromatic rings. The van der Waals surface area contributed by atoms with Crippen molar-refractivity contribution in [3.05, 3.63) is 58.4 Å². The van der Waals surface area contributed by atoms with Gasteiger partial charge in [-0.05, 0) is 43.9 Å². The third kappa shape index (κ3) is 3.35. The number of carbonyl (C=O) groups excluding carboxylic acids is 1. The smallest absolute Gasteiger partial charge is 0.287 e. The highest BCUT2D eigenvalue weighted by atomic mass is 16.5. The topological polar surface area (TPSA) is 82.2 Å². The van der Waals surface area contributed by atoms with Gasteiger partial charge in [0.2, 0.25) is 0 Å². The molecule has 1 N–H and O–H groups in total. The number of pyridine rings is 1. The summed E-state index contributed by atoms with van der Waals surface area (Å²) in [5.74, 6) is 1.07. The fraction of sp³-hybridized carbons (Fsp3) is 0.409. The van der Waals surface area contributed by atoms with E-state index in [9.17, 15) is 4.79 Å². The molecule has 0 saturated carbocycles. The molecule has 7 nitrogen and oxygen atoms in total. The van der Waals surface area contributed by atoms with Crippen molar-refractivity contribution in [2.45, 2.75) is 45.7 Å². The third-order valence-electron chi connectivity index (χ3n) is 5.68. The fourth-order valence-electron chi connectivity index (χ4n) is 4.12. The van der Waals surface area contributed by atoms with Gasteiger partial charge in [-0.2, -0.15) is 5.10 Å². The first-order chi connectivity index (χ1) is 14.1. The Bertz CT molecular complexity index is 1060. The Kier molecular flexibility index (Phi) is 4.47. The van der Waals surface area contributed by atoms with Crippen LogP contribution in [0.3, 0.4) is 0 Å². The molecule has 0 unspecified atom stereocenters. The van der Waals surface area contributed by atoms with Gasteiger partial charge in [0.05, 0.1) is 30.6 Å². The minimum Gasteiger partial charge on any atom is -0.455 e. The maximum Gasteiger partial charge on any atom is 0.287 e. The van der Waals surface area contributed by atoms with Gasteiger partial charge in [0.25, 0.3) is 5.91 Å². The lowest BCUT2D eigenvalue weighted by Crippen LogP contribution is -2.35. The second-order valence-electron chi connectivity index (χ2n) is 7.92. The van der Waals surface area contributed by atoms with E-state index >= 15 is 0 Å². The lowest BCUT2D eigenvalue weighted by molar-refractivity contribution is 0.0899. The molecule has 1 aliphatic carbocycles. The van der Waals surface area contributed by atoms with Crippen LogP contribution in [-0.2, 0) is 24.1 Å². The molecular weight excluding hydrogens is 368 g/mol. The number of ether oxygens (including phenoxy) is 1. The molecule has 0 aromatic carbocycles. The van der Waals surface area contributed by atoms with Gasteiger partial charge >= 0.3 is 0 Å². The van der Waals surface area contributed by atoms with Crippen molar-refractivity contribution in [2.24, 2.45) is 0 Å². The molecule has 5 rings (SSSR count). The van der Waals surface area contributed by atoms with E-state index in [-0.39, 0.29) is 11.9 Å². The number of fused-ring (bicyclic) bond motifs is 3. The van der Waals surface area contributed by atoms with Crippen molar-refractivity contribution in [1.29, 1.82) is 0 Å². The van der Waals surface area contributed by atoms with E-state index < -0.39 is 0 Å². The zero-order valence-electron chi connectivity index (χ0n) is 16.7. The van der Waals surface area contributed by atoms with Gasteiger partial charge in [0.1, 0.15) is 5.76 Å². The van der Waals surface area contributed by atoms with E-state index in [0.29, 0.717) is 25.5 Å². The number of rotatable bonds is 4. The first kappa shape index (κ1) is 18.1. The number of hydrogen-bond acceptors (Lipinski definition) is 5. The van der Waals surface area contributed by atoms with E-state index in [1.165, 1.54) is 5.56 Å². The van der Waals surface area contributed by atoms with Gasteiger partial charge in [0, 0.05) is 36.5 Å². The molecule has 1 atom stereocenters. The number of aromatic nitrogens is 3. The highest BCUT2D eigenvalue weighted by Gasteiger charge is 2.30. The predicted molar refractivity (Wildman–Crippen MR) is 107 cm³/mol. The number of carbonyl (C=O) groups is 1. The molecule has 0 bridgehead atoms. The normalized spacial score (nSPS) is 17.8. The summed E-state index contributed by atoms with van der Waals surface area (Å²) in [5.41, 5.74) is 6.04. The van der Waals surface area contributed by atoms with Gasteiger partial charge in [-0.3, -0.25) is 14.5 Å². The van der Waals surface area contributed by atoms with Crippen molar-refractivity contribution in [1.82, 2.24) is 20.1 Å². The van der Waals surface area contributed by atoms with E-state index in [0.717, 1.165) is 53.1 Å². The molecule has 4 heterocycles. The lowest BCUT2D eigenvalue weighted by atomic mass is 9.93. The minimum atomic E-state index is -0.169. The van der Waals surface area contributed by atoms with Crippen LogP contribution in [0.4, 0.5) is 0 Å². The van der Waals surface area contributed by atoms with Crippen LogP contribution in [0.2, 0.25) is 0 Å². The Morgan fingerprint density at radius 2 is 2.21 bits per heavy atom. The number of amides is 1. The zero-order chi connectivity index (χ0) is 20.0. The highest BCUT2D eigenvalue weighted by Crippen LogP contribution is 2.38. The lowest BCUT2D eigenvalue weighted by Gasteiger charge is -2.09. The van der Waals surface area contributed by atoms with Crippen LogP contribution in [0.15, 0.2) is 28.9 Å². The Morgan fingerprint density at radius 1 is 1.31 bits per heavy atom. The molecule has 1 amide bonds. The highest BCUT2D eigenvalue weighted by molar-refractivity contribution is 5.95. The van der Waals surface area contributed by atoms with Crippen LogP contribution >= 0.6 is 0 Å². The number of nitrogens with one attached hydrogen (secondary N) is 1. The van der Waals surface area contributed by atoms with Crippen molar-refractivity contribution < 1.29 is 13.9 Å². The van der Waals surface area contributed by atoms with E-state index in [4.69, 9.17) is 14.3 Å². The maximum absolute atomic E-state index is 12.7. The van der Waals surface area contributed by atoms with Gasteiger partial charge in [-0.15, -0.1) is 0 Å². The average Bonchev–Trinajstić information content (AvgIpc) is 3.42. The molecule has 0 radical (unpaired) electrons. The summed E-state index contributed by atoms with van der Waals surface area (Å²) in [6.07, 6.45) is 6.43. The van der Waals surface area contributed by atoms with Crippen LogP contribution in [0, 0.1) is 13.8 Å². The molecule has 7 heteroatoms. The number of furan rings is 1. The van der Waals surface area contributed by atoms with Crippen LogP contribution < -0.4 is 5.32 Å². The molecule has 0 spiro atoms. The minimum absolute atomic E-state index is 0.0563. The fourth-order valence-corrected chi connectivity index (χ4v) is 4.12. The van der Waals surface area contributed by atoms with E-state index in [2.05, 4.69) is 22.6 Å². The van der Waals surface area contributed by atoms with Crippen LogP contribution in [0.25, 0.3) is 11.3 Å². The maximum atomic E-state index is 12.7. The number of aryl methyl sites for hydroxylation is 3. The Morgan fingerprint density at radius 3 is 2.97 bits per heavy atom. The largest absolute Gasteiger partial charge is 0.455 e.